The van der Waals surface area contributed by atoms with Crippen molar-refractivity contribution in [1.29, 1.82) is 0 Å². The lowest BCUT2D eigenvalue weighted by Crippen LogP contribution is -1.87. The summed E-state index contributed by atoms with van der Waals surface area (Å²) in [6, 6.07) is 8.41. The van der Waals surface area contributed by atoms with Gasteiger partial charge in [0.1, 0.15) is 0 Å². The highest BCUT2D eigenvalue weighted by molar-refractivity contribution is 7.99. The molecule has 0 unspecified atom stereocenters. The molecule has 0 amide bonds. The maximum absolute atomic E-state index is 4.99. The lowest BCUT2D eigenvalue weighted by Gasteiger charge is -2.04. The molecule has 1 nitrogen and oxygen atoms in total. The first-order valence-electron chi connectivity index (χ1n) is 4.13. The van der Waals surface area contributed by atoms with Crippen molar-refractivity contribution in [3.8, 4) is 0 Å². The summed E-state index contributed by atoms with van der Waals surface area (Å²) in [5.74, 6) is 1.63. The summed E-state index contributed by atoms with van der Waals surface area (Å²) >= 11 is 1.74. The molecule has 1 aromatic rings. The Labute approximate surface area is 83.8 Å². The van der Waals surface area contributed by atoms with Crippen molar-refractivity contribution in [2.24, 2.45) is 0 Å². The molecule has 13 heavy (non-hydrogen) atoms. The van der Waals surface area contributed by atoms with E-state index in [9.17, 15) is 0 Å². The van der Waals surface area contributed by atoms with E-state index < -0.39 is 0 Å². The van der Waals surface area contributed by atoms with Crippen LogP contribution in [0.4, 0.5) is 0 Å². The summed E-state index contributed by atoms with van der Waals surface area (Å²) in [6.07, 6.45) is 0. The van der Waals surface area contributed by atoms with Gasteiger partial charge in [-0.1, -0.05) is 24.3 Å². The number of benzene rings is 1. The molecular weight excluding hydrogens is 180 g/mol. The van der Waals surface area contributed by atoms with Crippen molar-refractivity contribution in [3.05, 3.63) is 42.2 Å². The highest BCUT2D eigenvalue weighted by Gasteiger charge is 1.96. The predicted octanol–water partition coefficient (Wildman–Crippen LogP) is 3.25. The zero-order chi connectivity index (χ0) is 9.68. The molecule has 70 valence electrons. The van der Waals surface area contributed by atoms with Crippen LogP contribution in [0.15, 0.2) is 41.5 Å². The standard InChI is InChI=1S/C11H14OS/c1-9-5-4-6-11(7-9)13-8-10(2)12-3/h4-7H,2,8H2,1,3H3. The third kappa shape index (κ3) is 3.55. The maximum Gasteiger partial charge on any atom is 0.0986 e. The molecule has 0 atom stereocenters. The monoisotopic (exact) mass is 194 g/mol. The molecule has 0 aliphatic rings. The second-order valence-electron chi connectivity index (χ2n) is 2.85. The van der Waals surface area contributed by atoms with Gasteiger partial charge in [-0.3, -0.25) is 0 Å². The number of ether oxygens (including phenoxy) is 1. The normalized spacial score (nSPS) is 9.69. The van der Waals surface area contributed by atoms with Crippen molar-refractivity contribution in [2.75, 3.05) is 12.9 Å². The Kier molecular flexibility index (Phi) is 3.90. The number of thioether (sulfide) groups is 1. The van der Waals surface area contributed by atoms with E-state index in [1.54, 1.807) is 18.9 Å². The molecule has 0 radical (unpaired) electrons. The molecule has 0 fully saturated rings. The van der Waals surface area contributed by atoms with E-state index >= 15 is 0 Å². The van der Waals surface area contributed by atoms with Gasteiger partial charge in [-0.05, 0) is 19.1 Å². The van der Waals surface area contributed by atoms with Crippen molar-refractivity contribution in [3.63, 3.8) is 0 Å². The second-order valence-corrected chi connectivity index (χ2v) is 3.90. The lowest BCUT2D eigenvalue weighted by molar-refractivity contribution is 0.298. The second kappa shape index (κ2) is 4.97. The van der Waals surface area contributed by atoms with Gasteiger partial charge in [-0.25, -0.2) is 0 Å². The molecular formula is C11H14OS. The SMILES string of the molecule is C=C(CSc1cccc(C)c1)OC. The van der Waals surface area contributed by atoms with Crippen LogP contribution in [0.3, 0.4) is 0 Å². The molecule has 0 aromatic heterocycles. The average Bonchev–Trinajstić information content (AvgIpc) is 2.14. The summed E-state index contributed by atoms with van der Waals surface area (Å²) < 4.78 is 4.99. The molecule has 1 aromatic carbocycles. The first kappa shape index (κ1) is 10.2. The van der Waals surface area contributed by atoms with Crippen molar-refractivity contribution < 1.29 is 4.74 Å². The van der Waals surface area contributed by atoms with E-state index in [-0.39, 0.29) is 0 Å². The predicted molar refractivity (Wildman–Crippen MR) is 58.1 cm³/mol. The molecule has 0 aliphatic heterocycles. The van der Waals surface area contributed by atoms with Gasteiger partial charge in [-0.15, -0.1) is 11.8 Å². The minimum atomic E-state index is 0.812. The average molecular weight is 194 g/mol. The summed E-state index contributed by atoms with van der Waals surface area (Å²) in [4.78, 5) is 1.26. The van der Waals surface area contributed by atoms with E-state index in [0.29, 0.717) is 0 Å². The Morgan fingerprint density at radius 3 is 2.92 bits per heavy atom. The van der Waals surface area contributed by atoms with Gasteiger partial charge >= 0.3 is 0 Å². The Morgan fingerprint density at radius 1 is 1.54 bits per heavy atom. The van der Waals surface area contributed by atoms with Crippen molar-refractivity contribution in [1.82, 2.24) is 0 Å². The van der Waals surface area contributed by atoms with Gasteiger partial charge in [0.25, 0.3) is 0 Å². The highest BCUT2D eigenvalue weighted by atomic mass is 32.2. The number of methoxy groups -OCH3 is 1. The Bertz CT molecular complexity index is 294. The van der Waals surface area contributed by atoms with Gasteiger partial charge < -0.3 is 4.74 Å². The Hall–Kier alpha value is -0.890. The van der Waals surface area contributed by atoms with Crippen LogP contribution in [0.25, 0.3) is 0 Å². The third-order valence-corrected chi connectivity index (χ3v) is 2.73. The van der Waals surface area contributed by atoms with Crippen LogP contribution in [-0.2, 0) is 4.74 Å². The van der Waals surface area contributed by atoms with Crippen LogP contribution < -0.4 is 0 Å². The largest absolute Gasteiger partial charge is 0.501 e. The minimum Gasteiger partial charge on any atom is -0.501 e. The third-order valence-electron chi connectivity index (χ3n) is 1.68. The van der Waals surface area contributed by atoms with Crippen LogP contribution in [-0.4, -0.2) is 12.9 Å². The van der Waals surface area contributed by atoms with E-state index in [2.05, 4.69) is 37.8 Å². The number of hydrogen-bond donors (Lipinski definition) is 0. The molecule has 1 rings (SSSR count). The van der Waals surface area contributed by atoms with Crippen LogP contribution in [0.1, 0.15) is 5.56 Å². The van der Waals surface area contributed by atoms with Gasteiger partial charge in [0.2, 0.25) is 0 Å². The fourth-order valence-corrected chi connectivity index (χ4v) is 1.82. The summed E-state index contributed by atoms with van der Waals surface area (Å²) in [7, 11) is 1.65. The van der Waals surface area contributed by atoms with Gasteiger partial charge in [0.05, 0.1) is 18.6 Å². The van der Waals surface area contributed by atoms with E-state index in [1.807, 2.05) is 0 Å². The molecule has 0 aliphatic carbocycles. The Morgan fingerprint density at radius 2 is 2.31 bits per heavy atom. The molecule has 0 saturated carbocycles. The van der Waals surface area contributed by atoms with Gasteiger partial charge in [0, 0.05) is 4.90 Å². The van der Waals surface area contributed by atoms with E-state index in [0.717, 1.165) is 11.5 Å². The van der Waals surface area contributed by atoms with Gasteiger partial charge in [0.15, 0.2) is 0 Å². The molecule has 0 N–H and O–H groups in total. The van der Waals surface area contributed by atoms with E-state index in [1.165, 1.54) is 10.5 Å². The number of hydrogen-bond acceptors (Lipinski definition) is 2. The molecule has 2 heteroatoms. The van der Waals surface area contributed by atoms with Crippen molar-refractivity contribution >= 4 is 11.8 Å². The first-order valence-corrected chi connectivity index (χ1v) is 5.12. The maximum atomic E-state index is 4.99. The van der Waals surface area contributed by atoms with E-state index in [4.69, 9.17) is 4.74 Å². The lowest BCUT2D eigenvalue weighted by atomic mass is 10.2. The van der Waals surface area contributed by atoms with Crippen LogP contribution in [0, 0.1) is 6.92 Å². The molecule has 0 saturated heterocycles. The van der Waals surface area contributed by atoms with Gasteiger partial charge in [-0.2, -0.15) is 0 Å². The molecule has 0 spiro atoms. The van der Waals surface area contributed by atoms with Crippen molar-refractivity contribution in [2.45, 2.75) is 11.8 Å². The summed E-state index contributed by atoms with van der Waals surface area (Å²) in [5, 5.41) is 0. The zero-order valence-corrected chi connectivity index (χ0v) is 8.86. The minimum absolute atomic E-state index is 0.812. The molecule has 0 heterocycles. The fraction of sp³-hybridized carbons (Fsp3) is 0.273. The number of aryl methyl sites for hydroxylation is 1. The quantitative estimate of drug-likeness (QED) is 0.537. The first-order chi connectivity index (χ1) is 6.22. The zero-order valence-electron chi connectivity index (χ0n) is 8.04. The Balaban J connectivity index is 2.50. The smallest absolute Gasteiger partial charge is 0.0986 e. The van der Waals surface area contributed by atoms with Crippen LogP contribution >= 0.6 is 11.8 Å². The summed E-state index contributed by atoms with van der Waals surface area (Å²) in [5.41, 5.74) is 1.29. The topological polar surface area (TPSA) is 9.23 Å². The highest BCUT2D eigenvalue weighted by Crippen LogP contribution is 2.20. The fourth-order valence-electron chi connectivity index (χ4n) is 0.928. The van der Waals surface area contributed by atoms with Crippen LogP contribution in [0.5, 0.6) is 0 Å². The summed E-state index contributed by atoms with van der Waals surface area (Å²) in [6.45, 7) is 5.86. The molecule has 0 bridgehead atoms. The number of rotatable bonds is 4. The van der Waals surface area contributed by atoms with Crippen LogP contribution in [0.2, 0.25) is 0 Å².